The molecule has 0 saturated heterocycles. The van der Waals surface area contributed by atoms with E-state index < -0.39 is 12.0 Å². The topological polar surface area (TPSA) is 117 Å². The highest BCUT2D eigenvalue weighted by atomic mass is 16.5. The number of aliphatic hydroxyl groups excluding tert-OH is 1. The zero-order valence-corrected chi connectivity index (χ0v) is 22.2. The second-order valence-electron chi connectivity index (χ2n) is 11.0. The molecular formula is C28H48N3O4+. The van der Waals surface area contributed by atoms with Gasteiger partial charge in [-0.2, -0.15) is 0 Å². The monoisotopic (exact) mass is 490 g/mol. The van der Waals surface area contributed by atoms with Gasteiger partial charge in [0.2, 0.25) is 12.1 Å². The van der Waals surface area contributed by atoms with Crippen LogP contribution in [0, 0.1) is 29.6 Å². The summed E-state index contributed by atoms with van der Waals surface area (Å²) >= 11 is 0. The summed E-state index contributed by atoms with van der Waals surface area (Å²) in [6.07, 6.45) is 8.97. The predicted octanol–water partition coefficient (Wildman–Crippen LogP) is 3.77. The van der Waals surface area contributed by atoms with Crippen molar-refractivity contribution in [1.29, 1.82) is 0 Å². The Kier molecular flexibility index (Phi) is 12.1. The van der Waals surface area contributed by atoms with E-state index in [2.05, 4.69) is 5.32 Å². The summed E-state index contributed by atoms with van der Waals surface area (Å²) in [4.78, 5) is 26.5. The van der Waals surface area contributed by atoms with Crippen molar-refractivity contribution in [2.24, 2.45) is 35.3 Å². The summed E-state index contributed by atoms with van der Waals surface area (Å²) in [7, 11) is 0. The van der Waals surface area contributed by atoms with Gasteiger partial charge in [-0.05, 0) is 36.7 Å². The average molecular weight is 491 g/mol. The first-order chi connectivity index (χ1) is 16.6. The van der Waals surface area contributed by atoms with Gasteiger partial charge in [-0.3, -0.25) is 14.8 Å². The molecule has 35 heavy (non-hydrogen) atoms. The fourth-order valence-electron chi connectivity index (χ4n) is 5.30. The van der Waals surface area contributed by atoms with Crippen LogP contribution in [-0.2, 0) is 16.1 Å². The highest BCUT2D eigenvalue weighted by Crippen LogP contribution is 2.30. The normalized spacial score (nSPS) is 19.1. The maximum atomic E-state index is 13.4. The molecule has 7 heteroatoms. The molecule has 198 valence electrons. The van der Waals surface area contributed by atoms with E-state index in [9.17, 15) is 19.9 Å². The zero-order valence-electron chi connectivity index (χ0n) is 22.2. The van der Waals surface area contributed by atoms with Gasteiger partial charge >= 0.3 is 0 Å². The predicted molar refractivity (Wildman–Crippen MR) is 136 cm³/mol. The van der Waals surface area contributed by atoms with Gasteiger partial charge in [-0.1, -0.05) is 66.2 Å². The van der Waals surface area contributed by atoms with Crippen molar-refractivity contribution in [2.45, 2.75) is 104 Å². The number of hydrogen-bond donors (Lipinski definition) is 4. The molecule has 0 radical (unpaired) electrons. The van der Waals surface area contributed by atoms with E-state index in [0.717, 1.165) is 17.6 Å². The lowest BCUT2D eigenvalue weighted by molar-refractivity contribution is -0.909. The highest BCUT2D eigenvalue weighted by molar-refractivity contribution is 5.88. The minimum atomic E-state index is -0.720. The van der Waals surface area contributed by atoms with Crippen LogP contribution in [0.1, 0.15) is 91.2 Å². The van der Waals surface area contributed by atoms with Crippen molar-refractivity contribution in [3.63, 3.8) is 0 Å². The molecule has 5 N–H and O–H groups in total. The van der Waals surface area contributed by atoms with Crippen molar-refractivity contribution in [3.8, 4) is 0 Å². The Morgan fingerprint density at radius 2 is 1.83 bits per heavy atom. The first kappa shape index (κ1) is 29.2. The smallest absolute Gasteiger partial charge is 0.253 e. The van der Waals surface area contributed by atoms with E-state index in [1.165, 1.54) is 38.3 Å². The number of carbonyl (C=O) groups is 2. The maximum Gasteiger partial charge on any atom is 0.253 e. The number of nitrogens with one attached hydrogen (secondary N) is 1. The number of nitrogens with zero attached hydrogens (tertiary/aromatic N) is 1. The molecule has 1 heterocycles. The molecule has 1 aliphatic carbocycles. The first-order valence-corrected chi connectivity index (χ1v) is 13.6. The van der Waals surface area contributed by atoms with Crippen LogP contribution in [0.15, 0.2) is 24.4 Å². The Morgan fingerprint density at radius 1 is 1.14 bits per heavy atom. The Balaban J connectivity index is 2.00. The summed E-state index contributed by atoms with van der Waals surface area (Å²) in [6.45, 7) is 8.18. The Hall–Kier alpha value is -1.99. The number of Topliss-reactive ketones (excluding diaryl/α,β-unsaturated/α-hetero) is 1. The molecule has 1 amide bonds. The number of nitrogens with two attached hydrogens (primary N) is 1. The van der Waals surface area contributed by atoms with Crippen LogP contribution in [-0.4, -0.2) is 34.2 Å². The maximum absolute atomic E-state index is 13.4. The molecule has 2 rings (SSSR count). The third-order valence-electron chi connectivity index (χ3n) is 7.99. The Labute approximate surface area is 211 Å². The van der Waals surface area contributed by atoms with Gasteiger partial charge < -0.3 is 16.2 Å². The van der Waals surface area contributed by atoms with E-state index in [1.807, 2.05) is 27.7 Å². The Bertz CT molecular complexity index is 794. The van der Waals surface area contributed by atoms with E-state index >= 15 is 0 Å². The molecule has 1 saturated carbocycles. The van der Waals surface area contributed by atoms with Crippen molar-refractivity contribution < 1.29 is 24.6 Å². The molecule has 0 aliphatic heterocycles. The van der Waals surface area contributed by atoms with Gasteiger partial charge in [0.1, 0.15) is 12.3 Å². The number of hydrogen-bond acceptors (Lipinski definition) is 5. The van der Waals surface area contributed by atoms with Crippen LogP contribution in [0.3, 0.4) is 0 Å². The second kappa shape index (κ2) is 14.5. The van der Waals surface area contributed by atoms with Gasteiger partial charge in [0.05, 0.1) is 6.10 Å². The summed E-state index contributed by atoms with van der Waals surface area (Å²) in [5, 5.41) is 23.7. The molecule has 7 nitrogen and oxygen atoms in total. The first-order valence-electron chi connectivity index (χ1n) is 13.6. The van der Waals surface area contributed by atoms with Gasteiger partial charge in [-0.25, -0.2) is 0 Å². The van der Waals surface area contributed by atoms with Crippen molar-refractivity contribution in [1.82, 2.24) is 5.32 Å². The SMILES string of the molecule is CCC(C)[C@@H](CC(=O)[C@@H](CC(O)[C@@H](N)CC1CCCCC1)C(C)C)C(=O)NCc1cccc[n+]1O. The molecule has 0 spiro atoms. The summed E-state index contributed by atoms with van der Waals surface area (Å²) in [6, 6.07) is 4.91. The minimum Gasteiger partial charge on any atom is -0.391 e. The molecule has 2 unspecified atom stereocenters. The van der Waals surface area contributed by atoms with Crippen LogP contribution in [0.2, 0.25) is 0 Å². The third kappa shape index (κ3) is 9.19. The van der Waals surface area contributed by atoms with Gasteiger partial charge in [0.15, 0.2) is 0 Å². The van der Waals surface area contributed by atoms with Crippen LogP contribution < -0.4 is 15.8 Å². The van der Waals surface area contributed by atoms with E-state index in [-0.39, 0.29) is 48.5 Å². The number of ketones is 1. The number of rotatable bonds is 14. The Morgan fingerprint density at radius 3 is 2.43 bits per heavy atom. The van der Waals surface area contributed by atoms with Gasteiger partial charge in [0.25, 0.3) is 5.69 Å². The second-order valence-corrected chi connectivity index (χ2v) is 11.0. The van der Waals surface area contributed by atoms with Gasteiger partial charge in [0, 0.05) is 41.2 Å². The van der Waals surface area contributed by atoms with Crippen LogP contribution in [0.4, 0.5) is 0 Å². The lowest BCUT2D eigenvalue weighted by atomic mass is 9.77. The van der Waals surface area contributed by atoms with Crippen molar-refractivity contribution >= 4 is 11.7 Å². The van der Waals surface area contributed by atoms with Crippen LogP contribution in [0.25, 0.3) is 0 Å². The average Bonchev–Trinajstić information content (AvgIpc) is 2.84. The fraction of sp³-hybridized carbons (Fsp3) is 0.750. The lowest BCUT2D eigenvalue weighted by Gasteiger charge is -2.30. The number of aliphatic hydroxyl groups is 1. The minimum absolute atomic E-state index is 0.0151. The zero-order chi connectivity index (χ0) is 26.0. The standard InChI is InChI=1S/C28H47N3O4/c1-5-20(4)24(28(34)30-18-22-13-9-10-14-31(22)35)17-26(32)23(19(2)3)16-27(33)25(29)15-21-11-7-6-8-12-21/h9-10,13-14,19-21,23-25,27,33H,5-8,11-12,15-18,29H2,1-4H3,(H-,30,34,35)/p+1/t20?,23-,24+,25-,27?/m0/s1. The highest BCUT2D eigenvalue weighted by Gasteiger charge is 2.33. The number of pyridine rings is 1. The summed E-state index contributed by atoms with van der Waals surface area (Å²) in [5.74, 6) is -0.315. The van der Waals surface area contributed by atoms with Crippen LogP contribution in [0.5, 0.6) is 0 Å². The quantitative estimate of drug-likeness (QED) is 0.234. The largest absolute Gasteiger partial charge is 0.391 e. The van der Waals surface area contributed by atoms with Crippen LogP contribution >= 0.6 is 0 Å². The van der Waals surface area contributed by atoms with Crippen molar-refractivity contribution in [2.75, 3.05) is 0 Å². The molecular weight excluding hydrogens is 442 g/mol. The molecule has 0 bridgehead atoms. The molecule has 1 aromatic heterocycles. The van der Waals surface area contributed by atoms with E-state index in [1.54, 1.807) is 18.2 Å². The number of aromatic nitrogens is 1. The van der Waals surface area contributed by atoms with E-state index in [0.29, 0.717) is 18.0 Å². The summed E-state index contributed by atoms with van der Waals surface area (Å²) in [5.41, 5.74) is 6.94. The van der Waals surface area contributed by atoms with Gasteiger partial charge in [-0.15, -0.1) is 0 Å². The molecule has 1 fully saturated rings. The lowest BCUT2D eigenvalue weighted by Crippen LogP contribution is -2.42. The fourth-order valence-corrected chi connectivity index (χ4v) is 5.30. The van der Waals surface area contributed by atoms with Crippen molar-refractivity contribution in [3.05, 3.63) is 30.1 Å². The summed E-state index contributed by atoms with van der Waals surface area (Å²) < 4.78 is 0.983. The third-order valence-corrected chi connectivity index (χ3v) is 7.99. The molecule has 1 aliphatic rings. The number of carbonyl (C=O) groups excluding carboxylic acids is 2. The molecule has 5 atom stereocenters. The molecule has 1 aromatic rings. The molecule has 0 aromatic carbocycles. The van der Waals surface area contributed by atoms with E-state index in [4.69, 9.17) is 5.73 Å². The number of amides is 1.